The van der Waals surface area contributed by atoms with E-state index in [1.807, 2.05) is 30.3 Å². The molecule has 0 saturated heterocycles. The Kier molecular flexibility index (Phi) is 4.69. The summed E-state index contributed by atoms with van der Waals surface area (Å²) in [5.74, 6) is 1.30. The van der Waals surface area contributed by atoms with Gasteiger partial charge in [-0.3, -0.25) is 0 Å². The summed E-state index contributed by atoms with van der Waals surface area (Å²) in [4.78, 5) is 15.8. The van der Waals surface area contributed by atoms with E-state index in [2.05, 4.69) is 30.2 Å². The first kappa shape index (κ1) is 16.6. The summed E-state index contributed by atoms with van der Waals surface area (Å²) in [5.41, 5.74) is 2.78. The van der Waals surface area contributed by atoms with Gasteiger partial charge in [0.15, 0.2) is 5.65 Å². The molecule has 1 N–H and O–H groups in total. The lowest BCUT2D eigenvalue weighted by Gasteiger charge is -2.06. The Labute approximate surface area is 154 Å². The molecule has 0 unspecified atom stereocenters. The van der Waals surface area contributed by atoms with E-state index in [0.717, 1.165) is 11.3 Å². The van der Waals surface area contributed by atoms with Crippen LogP contribution in [0.15, 0.2) is 71.2 Å². The average Bonchev–Trinajstić information content (AvgIpc) is 3.20. The van der Waals surface area contributed by atoms with Crippen LogP contribution in [0.25, 0.3) is 11.2 Å². The molecule has 0 bridgehead atoms. The molecule has 2 aromatic heterocycles. The highest BCUT2D eigenvalue weighted by molar-refractivity contribution is 5.76. The van der Waals surface area contributed by atoms with Crippen molar-refractivity contribution in [2.45, 2.75) is 6.61 Å². The maximum absolute atomic E-state index is 5.85. The van der Waals surface area contributed by atoms with Crippen molar-refractivity contribution in [2.24, 2.45) is 10.2 Å². The van der Waals surface area contributed by atoms with Gasteiger partial charge in [-0.15, -0.1) is 10.2 Å². The zero-order chi connectivity index (χ0) is 18.5. The van der Waals surface area contributed by atoms with Crippen molar-refractivity contribution in [3.05, 3.63) is 66.5 Å². The maximum Gasteiger partial charge on any atom is 0.274 e. The fourth-order valence-corrected chi connectivity index (χ4v) is 2.42. The largest absolute Gasteiger partial charge is 0.497 e. The van der Waals surface area contributed by atoms with Gasteiger partial charge >= 0.3 is 0 Å². The number of fused-ring (bicyclic) bond motifs is 1. The van der Waals surface area contributed by atoms with Gasteiger partial charge in [0.05, 0.1) is 19.1 Å². The standard InChI is InChI=1S/C19H16N6O2/c1-26-15-9-7-14(8-10-15)24-25-19-22-17-16(20-12-21-17)18(23-19)27-11-13-5-3-2-4-6-13/h2-10,12H,11H2,1H3,(H,20,21,22,23). The molecule has 0 aliphatic heterocycles. The predicted molar refractivity (Wildman–Crippen MR) is 99.6 cm³/mol. The monoisotopic (exact) mass is 360 g/mol. The fraction of sp³-hybridized carbons (Fsp3) is 0.105. The van der Waals surface area contributed by atoms with Crippen molar-refractivity contribution in [1.82, 2.24) is 19.9 Å². The third kappa shape index (κ3) is 3.90. The SMILES string of the molecule is COc1ccc(N=Nc2nc(OCc3ccccc3)c3[nH]cnc3n2)cc1. The first-order chi connectivity index (χ1) is 13.3. The highest BCUT2D eigenvalue weighted by atomic mass is 16.5. The van der Waals surface area contributed by atoms with Crippen molar-refractivity contribution >= 4 is 22.8 Å². The molecule has 2 heterocycles. The van der Waals surface area contributed by atoms with Crippen LogP contribution in [0, 0.1) is 0 Å². The second-order valence-corrected chi connectivity index (χ2v) is 5.60. The van der Waals surface area contributed by atoms with Crippen molar-refractivity contribution in [1.29, 1.82) is 0 Å². The summed E-state index contributed by atoms with van der Waals surface area (Å²) in [5, 5.41) is 8.26. The topological polar surface area (TPSA) is 97.6 Å². The van der Waals surface area contributed by atoms with E-state index in [1.54, 1.807) is 37.7 Å². The second-order valence-electron chi connectivity index (χ2n) is 5.60. The van der Waals surface area contributed by atoms with Crippen LogP contribution in [0.1, 0.15) is 5.56 Å². The summed E-state index contributed by atoms with van der Waals surface area (Å²) in [6, 6.07) is 17.0. The second kappa shape index (κ2) is 7.61. The fourth-order valence-electron chi connectivity index (χ4n) is 2.42. The van der Waals surface area contributed by atoms with E-state index in [0.29, 0.717) is 29.3 Å². The number of aromatic amines is 1. The third-order valence-corrected chi connectivity index (χ3v) is 3.79. The lowest BCUT2D eigenvalue weighted by molar-refractivity contribution is 0.297. The highest BCUT2D eigenvalue weighted by Crippen LogP contribution is 2.25. The number of methoxy groups -OCH3 is 1. The van der Waals surface area contributed by atoms with Gasteiger partial charge in [0.1, 0.15) is 17.9 Å². The van der Waals surface area contributed by atoms with Crippen LogP contribution in [0.3, 0.4) is 0 Å². The minimum atomic E-state index is 0.175. The summed E-state index contributed by atoms with van der Waals surface area (Å²) in [7, 11) is 1.61. The smallest absolute Gasteiger partial charge is 0.274 e. The molecular weight excluding hydrogens is 344 g/mol. The Morgan fingerprint density at radius 2 is 1.78 bits per heavy atom. The Balaban J connectivity index is 1.58. The Morgan fingerprint density at radius 3 is 2.56 bits per heavy atom. The summed E-state index contributed by atoms with van der Waals surface area (Å²) in [6.07, 6.45) is 1.54. The van der Waals surface area contributed by atoms with Crippen LogP contribution in [0.2, 0.25) is 0 Å². The van der Waals surface area contributed by atoms with E-state index in [-0.39, 0.29) is 5.95 Å². The van der Waals surface area contributed by atoms with E-state index in [9.17, 15) is 0 Å². The zero-order valence-corrected chi connectivity index (χ0v) is 14.5. The predicted octanol–water partition coefficient (Wildman–Crippen LogP) is 4.36. The van der Waals surface area contributed by atoms with E-state index in [1.165, 1.54) is 0 Å². The van der Waals surface area contributed by atoms with Crippen LogP contribution in [-0.4, -0.2) is 27.0 Å². The quantitative estimate of drug-likeness (QED) is 0.515. The normalized spacial score (nSPS) is 11.1. The van der Waals surface area contributed by atoms with Crippen LogP contribution in [0.5, 0.6) is 11.6 Å². The van der Waals surface area contributed by atoms with Crippen LogP contribution in [-0.2, 0) is 6.61 Å². The van der Waals surface area contributed by atoms with Crippen molar-refractivity contribution in [3.63, 3.8) is 0 Å². The first-order valence-electron chi connectivity index (χ1n) is 8.25. The molecule has 4 rings (SSSR count). The molecule has 0 saturated carbocycles. The molecule has 4 aromatic rings. The molecule has 27 heavy (non-hydrogen) atoms. The van der Waals surface area contributed by atoms with Crippen LogP contribution >= 0.6 is 0 Å². The number of azo groups is 1. The highest BCUT2D eigenvalue weighted by Gasteiger charge is 2.11. The molecule has 134 valence electrons. The number of hydrogen-bond acceptors (Lipinski definition) is 7. The van der Waals surface area contributed by atoms with Gasteiger partial charge in [0.25, 0.3) is 5.95 Å². The number of hydrogen-bond donors (Lipinski definition) is 1. The van der Waals surface area contributed by atoms with Gasteiger partial charge in [-0.2, -0.15) is 9.97 Å². The minimum absolute atomic E-state index is 0.175. The average molecular weight is 360 g/mol. The molecule has 2 aromatic carbocycles. The van der Waals surface area contributed by atoms with Crippen molar-refractivity contribution in [3.8, 4) is 11.6 Å². The minimum Gasteiger partial charge on any atom is -0.497 e. The van der Waals surface area contributed by atoms with E-state index in [4.69, 9.17) is 9.47 Å². The molecule has 0 fully saturated rings. The Morgan fingerprint density at radius 1 is 0.963 bits per heavy atom. The Bertz CT molecular complexity index is 1060. The maximum atomic E-state index is 5.85. The molecule has 8 heteroatoms. The number of nitrogens with zero attached hydrogens (tertiary/aromatic N) is 5. The van der Waals surface area contributed by atoms with E-state index >= 15 is 0 Å². The number of benzene rings is 2. The van der Waals surface area contributed by atoms with Crippen LogP contribution in [0.4, 0.5) is 11.6 Å². The summed E-state index contributed by atoms with van der Waals surface area (Å²) >= 11 is 0. The number of rotatable bonds is 6. The number of ether oxygens (including phenoxy) is 2. The molecule has 0 atom stereocenters. The molecule has 0 radical (unpaired) electrons. The Hall–Kier alpha value is -3.81. The number of H-pyrrole nitrogens is 1. The van der Waals surface area contributed by atoms with Gasteiger partial charge in [-0.25, -0.2) is 4.98 Å². The van der Waals surface area contributed by atoms with Crippen LogP contribution < -0.4 is 9.47 Å². The lowest BCUT2D eigenvalue weighted by Crippen LogP contribution is -1.99. The van der Waals surface area contributed by atoms with Gasteiger partial charge in [-0.1, -0.05) is 30.3 Å². The van der Waals surface area contributed by atoms with Gasteiger partial charge in [0.2, 0.25) is 5.88 Å². The first-order valence-corrected chi connectivity index (χ1v) is 8.25. The summed E-state index contributed by atoms with van der Waals surface area (Å²) in [6.45, 7) is 0.376. The lowest BCUT2D eigenvalue weighted by atomic mass is 10.2. The summed E-state index contributed by atoms with van der Waals surface area (Å²) < 4.78 is 11.0. The third-order valence-electron chi connectivity index (χ3n) is 3.79. The molecule has 0 aliphatic rings. The molecule has 0 spiro atoms. The molecule has 0 amide bonds. The molecular formula is C19H16N6O2. The van der Waals surface area contributed by atoms with Gasteiger partial charge in [-0.05, 0) is 29.8 Å². The zero-order valence-electron chi connectivity index (χ0n) is 14.5. The number of imidazole rings is 1. The van der Waals surface area contributed by atoms with Crippen molar-refractivity contribution in [2.75, 3.05) is 7.11 Å². The number of nitrogens with one attached hydrogen (secondary N) is 1. The molecule has 0 aliphatic carbocycles. The van der Waals surface area contributed by atoms with E-state index < -0.39 is 0 Å². The molecule has 8 nitrogen and oxygen atoms in total. The van der Waals surface area contributed by atoms with Gasteiger partial charge < -0.3 is 14.5 Å². The van der Waals surface area contributed by atoms with Gasteiger partial charge in [0, 0.05) is 0 Å². The number of aromatic nitrogens is 4. The van der Waals surface area contributed by atoms with Crippen molar-refractivity contribution < 1.29 is 9.47 Å².